The van der Waals surface area contributed by atoms with E-state index >= 15 is 0 Å². The van der Waals surface area contributed by atoms with Crippen molar-refractivity contribution < 1.29 is 18.3 Å². The zero-order valence-electron chi connectivity index (χ0n) is 17.3. The molecular weight excluding hydrogens is 404 g/mol. The van der Waals surface area contributed by atoms with Gasteiger partial charge in [-0.05, 0) is 50.4 Å². The van der Waals surface area contributed by atoms with E-state index in [1.54, 1.807) is 24.0 Å². The van der Waals surface area contributed by atoms with Gasteiger partial charge in [-0.25, -0.2) is 8.42 Å². The first-order chi connectivity index (χ1) is 14.1. The number of aromatic hydroxyl groups is 1. The van der Waals surface area contributed by atoms with Crippen LogP contribution in [0.3, 0.4) is 0 Å². The molecule has 1 saturated heterocycles. The number of likely N-dealkylation sites (N-methyl/N-ethyl adjacent to an activating group) is 1. The lowest BCUT2D eigenvalue weighted by Crippen LogP contribution is -2.47. The number of aromatic amines is 1. The fourth-order valence-electron chi connectivity index (χ4n) is 3.20. The van der Waals surface area contributed by atoms with E-state index in [1.807, 2.05) is 7.05 Å². The smallest absolute Gasteiger partial charge is 0.256 e. The number of carbonyl (C=O) groups excluding carboxylic acids is 1. The third-order valence-corrected chi connectivity index (χ3v) is 6.07. The van der Waals surface area contributed by atoms with Crippen LogP contribution in [0.2, 0.25) is 0 Å². The molecule has 3 rings (SSSR count). The topological polar surface area (TPSA) is 106 Å². The Hall–Kier alpha value is -2.91. The van der Waals surface area contributed by atoms with E-state index in [-0.39, 0.29) is 16.7 Å². The minimum atomic E-state index is -3.44. The summed E-state index contributed by atoms with van der Waals surface area (Å²) in [5, 5.41) is 10.4. The molecule has 2 N–H and O–H groups in total. The first kappa shape index (κ1) is 21.8. The van der Waals surface area contributed by atoms with E-state index in [2.05, 4.69) is 14.9 Å². The monoisotopic (exact) mass is 430 g/mol. The molecule has 0 aliphatic carbocycles. The molecule has 1 aromatic rings. The van der Waals surface area contributed by atoms with Crippen LogP contribution in [0.25, 0.3) is 6.08 Å². The van der Waals surface area contributed by atoms with Crippen LogP contribution < -0.4 is 0 Å². The number of piperazine rings is 1. The highest BCUT2D eigenvalue weighted by Crippen LogP contribution is 2.26. The number of aromatic nitrogens is 1. The highest BCUT2D eigenvalue weighted by atomic mass is 32.2. The molecule has 0 unspecified atom stereocenters. The van der Waals surface area contributed by atoms with Crippen LogP contribution in [0, 0.1) is 0 Å². The molecule has 2 aliphatic rings. The van der Waals surface area contributed by atoms with Crippen LogP contribution in [-0.2, 0) is 14.6 Å². The Morgan fingerprint density at radius 2 is 1.90 bits per heavy atom. The largest absolute Gasteiger partial charge is 0.494 e. The molecule has 0 atom stereocenters. The summed E-state index contributed by atoms with van der Waals surface area (Å²) in [5.74, 6) is -0.282. The number of H-pyrrole nitrogens is 1. The SMILES string of the molecule is CC1=NC(=Cc2ccc(S(C)(=O)=O)ccc[nH]c2O)C(C(=O)N2CCN(C)CC2)=C1. The average Bonchev–Trinajstić information content (AvgIpc) is 3.08. The third kappa shape index (κ3) is 5.17. The van der Waals surface area contributed by atoms with Crippen molar-refractivity contribution in [2.24, 2.45) is 4.99 Å². The molecule has 30 heavy (non-hydrogen) atoms. The molecule has 2 aliphatic heterocycles. The molecular formula is C21H26N4O4S. The van der Waals surface area contributed by atoms with Gasteiger partial charge in [0.15, 0.2) is 15.7 Å². The normalized spacial score (nSPS) is 18.8. The predicted octanol–water partition coefficient (Wildman–Crippen LogP) is 1.76. The molecule has 0 bridgehead atoms. The van der Waals surface area contributed by atoms with Gasteiger partial charge in [-0.1, -0.05) is 0 Å². The van der Waals surface area contributed by atoms with Crippen LogP contribution in [0.15, 0.2) is 57.7 Å². The summed E-state index contributed by atoms with van der Waals surface area (Å²) in [6.07, 6.45) is 5.86. The summed E-state index contributed by atoms with van der Waals surface area (Å²) >= 11 is 0. The van der Waals surface area contributed by atoms with Crippen molar-refractivity contribution in [1.82, 2.24) is 14.8 Å². The van der Waals surface area contributed by atoms with Crippen molar-refractivity contribution in [3.8, 4) is 5.88 Å². The second kappa shape index (κ2) is 8.85. The van der Waals surface area contributed by atoms with Gasteiger partial charge >= 0.3 is 0 Å². The number of hydrogen-bond donors (Lipinski definition) is 2. The van der Waals surface area contributed by atoms with Gasteiger partial charge in [0, 0.05) is 49.9 Å². The predicted molar refractivity (Wildman–Crippen MR) is 116 cm³/mol. The minimum Gasteiger partial charge on any atom is -0.494 e. The number of rotatable bonds is 3. The molecule has 1 aromatic heterocycles. The number of nitrogens with one attached hydrogen (secondary N) is 1. The fourth-order valence-corrected chi connectivity index (χ4v) is 3.84. The van der Waals surface area contributed by atoms with Crippen LogP contribution >= 0.6 is 0 Å². The van der Waals surface area contributed by atoms with E-state index < -0.39 is 9.84 Å². The molecule has 0 aromatic carbocycles. The Morgan fingerprint density at radius 3 is 2.57 bits per heavy atom. The van der Waals surface area contributed by atoms with Gasteiger partial charge < -0.3 is 19.9 Å². The van der Waals surface area contributed by atoms with Gasteiger partial charge in [0.25, 0.3) is 5.91 Å². The number of aliphatic imine (C=N–C) groups is 1. The lowest BCUT2D eigenvalue weighted by atomic mass is 10.1. The molecule has 0 spiro atoms. The lowest BCUT2D eigenvalue weighted by Gasteiger charge is -2.32. The Balaban J connectivity index is 2.01. The average molecular weight is 431 g/mol. The van der Waals surface area contributed by atoms with E-state index in [0.29, 0.717) is 35.6 Å². The first-order valence-electron chi connectivity index (χ1n) is 9.57. The van der Waals surface area contributed by atoms with Gasteiger partial charge in [0.1, 0.15) is 0 Å². The van der Waals surface area contributed by atoms with Gasteiger partial charge in [-0.2, -0.15) is 0 Å². The highest BCUT2D eigenvalue weighted by molar-refractivity contribution is 7.90. The van der Waals surface area contributed by atoms with Crippen LogP contribution in [0.1, 0.15) is 12.5 Å². The maximum Gasteiger partial charge on any atom is 0.256 e. The van der Waals surface area contributed by atoms with E-state index in [4.69, 9.17) is 0 Å². The second-order valence-electron chi connectivity index (χ2n) is 7.42. The van der Waals surface area contributed by atoms with Crippen molar-refractivity contribution in [3.05, 3.63) is 53.4 Å². The van der Waals surface area contributed by atoms with Crippen LogP contribution in [0.5, 0.6) is 5.88 Å². The number of hydrogen-bond acceptors (Lipinski definition) is 6. The molecule has 8 nitrogen and oxygen atoms in total. The number of nitrogens with zero attached hydrogens (tertiary/aromatic N) is 3. The van der Waals surface area contributed by atoms with Crippen molar-refractivity contribution >= 4 is 27.5 Å². The molecule has 0 saturated carbocycles. The molecule has 160 valence electrons. The van der Waals surface area contributed by atoms with Crippen molar-refractivity contribution in [1.29, 1.82) is 0 Å². The summed E-state index contributed by atoms with van der Waals surface area (Å²) in [7, 11) is -1.41. The maximum atomic E-state index is 13.1. The summed E-state index contributed by atoms with van der Waals surface area (Å²) in [6, 6.07) is 5.82. The second-order valence-corrected chi connectivity index (χ2v) is 9.43. The Bertz CT molecular complexity index is 1090. The number of sulfone groups is 1. The van der Waals surface area contributed by atoms with E-state index in [1.165, 1.54) is 30.5 Å². The van der Waals surface area contributed by atoms with Gasteiger partial charge in [-0.15, -0.1) is 0 Å². The Labute approximate surface area is 176 Å². The summed E-state index contributed by atoms with van der Waals surface area (Å²) < 4.78 is 23.9. The highest BCUT2D eigenvalue weighted by Gasteiger charge is 2.26. The summed E-state index contributed by atoms with van der Waals surface area (Å²) in [4.78, 5) is 24.3. The summed E-state index contributed by atoms with van der Waals surface area (Å²) in [6.45, 7) is 4.70. The van der Waals surface area contributed by atoms with Gasteiger partial charge in [0.05, 0.1) is 16.2 Å². The van der Waals surface area contributed by atoms with Crippen LogP contribution in [0.4, 0.5) is 0 Å². The quantitative estimate of drug-likeness (QED) is 0.760. The number of carbonyl (C=O) groups is 1. The number of amides is 1. The van der Waals surface area contributed by atoms with Crippen LogP contribution in [-0.4, -0.2) is 79.4 Å². The third-order valence-electron chi connectivity index (χ3n) is 4.94. The standard InChI is InChI=1S/C21H26N4O4S/c1-15-13-18(21(27)25-11-9-24(2)10-12-25)19(23-15)14-16-6-7-17(30(3,28)29)5-4-8-22-20(16)26/h4-8,13-14,22,26H,9-12H2,1-3H3. The molecule has 3 heterocycles. The molecule has 1 amide bonds. The molecule has 0 radical (unpaired) electrons. The van der Waals surface area contributed by atoms with Gasteiger partial charge in [0.2, 0.25) is 0 Å². The maximum absolute atomic E-state index is 13.1. The minimum absolute atomic E-state index is 0.0986. The van der Waals surface area contributed by atoms with E-state index in [9.17, 15) is 18.3 Å². The van der Waals surface area contributed by atoms with Gasteiger partial charge in [-0.3, -0.25) is 9.79 Å². The molecule has 1 fully saturated rings. The fraction of sp³-hybridized carbons (Fsp3) is 0.333. The van der Waals surface area contributed by atoms with Crippen molar-refractivity contribution in [3.63, 3.8) is 0 Å². The molecule has 9 heteroatoms. The summed E-state index contributed by atoms with van der Waals surface area (Å²) in [5.41, 5.74) is 1.88. The van der Waals surface area contributed by atoms with E-state index in [0.717, 1.165) is 19.3 Å². The Morgan fingerprint density at radius 1 is 1.20 bits per heavy atom. The Kier molecular flexibility index (Phi) is 6.42. The lowest BCUT2D eigenvalue weighted by molar-refractivity contribution is -0.128. The zero-order valence-corrected chi connectivity index (χ0v) is 18.1. The van der Waals surface area contributed by atoms with Crippen molar-refractivity contribution in [2.75, 3.05) is 39.5 Å². The number of allylic oxidation sites excluding steroid dienone is 1. The zero-order chi connectivity index (χ0) is 21.9. The van der Waals surface area contributed by atoms with Crippen molar-refractivity contribution in [2.45, 2.75) is 11.8 Å². The first-order valence-corrected chi connectivity index (χ1v) is 11.5.